The van der Waals surface area contributed by atoms with Crippen LogP contribution < -0.4 is 11.1 Å². The normalized spacial score (nSPS) is 10.1. The number of anilines is 1. The number of nitrogens with zero attached hydrogens (tertiary/aromatic N) is 2. The van der Waals surface area contributed by atoms with Gasteiger partial charge in [0.15, 0.2) is 0 Å². The van der Waals surface area contributed by atoms with Crippen molar-refractivity contribution in [1.82, 2.24) is 9.97 Å². The number of nitrogens with two attached hydrogens (primary N) is 1. The lowest BCUT2D eigenvalue weighted by Gasteiger charge is -2.05. The zero-order valence-corrected chi connectivity index (χ0v) is 8.93. The van der Waals surface area contributed by atoms with Crippen LogP contribution >= 0.6 is 0 Å². The quantitative estimate of drug-likeness (QED) is 0.810. The lowest BCUT2D eigenvalue weighted by Crippen LogP contribution is -2.02. The molecule has 0 spiro atoms. The van der Waals surface area contributed by atoms with Gasteiger partial charge in [-0.2, -0.15) is 0 Å². The van der Waals surface area contributed by atoms with Crippen molar-refractivity contribution in [3.63, 3.8) is 0 Å². The Morgan fingerprint density at radius 2 is 1.81 bits per heavy atom. The summed E-state index contributed by atoms with van der Waals surface area (Å²) in [5.41, 5.74) is 7.87. The second-order valence-corrected chi connectivity index (χ2v) is 3.46. The fourth-order valence-corrected chi connectivity index (χ4v) is 1.38. The minimum atomic E-state index is 0.581. The van der Waals surface area contributed by atoms with Crippen molar-refractivity contribution in [2.75, 3.05) is 5.32 Å². The smallest absolute Gasteiger partial charge is 0.144 e. The molecule has 1 heterocycles. The Kier molecular flexibility index (Phi) is 3.46. The molecule has 0 aliphatic heterocycles. The second-order valence-electron chi connectivity index (χ2n) is 3.46. The van der Waals surface area contributed by atoms with E-state index < -0.39 is 0 Å². The van der Waals surface area contributed by atoms with Gasteiger partial charge in [0, 0.05) is 25.5 Å². The van der Waals surface area contributed by atoms with Crippen LogP contribution in [0.15, 0.2) is 42.9 Å². The first kappa shape index (κ1) is 10.6. The predicted molar refractivity (Wildman–Crippen MR) is 63.7 cm³/mol. The molecule has 4 nitrogen and oxygen atoms in total. The van der Waals surface area contributed by atoms with Crippen molar-refractivity contribution in [1.29, 1.82) is 0 Å². The van der Waals surface area contributed by atoms with Crippen LogP contribution in [-0.4, -0.2) is 9.97 Å². The van der Waals surface area contributed by atoms with Gasteiger partial charge < -0.3 is 11.1 Å². The average Bonchev–Trinajstić information content (AvgIpc) is 2.38. The lowest BCUT2D eigenvalue weighted by atomic mass is 10.1. The molecule has 2 aromatic rings. The molecule has 16 heavy (non-hydrogen) atoms. The van der Waals surface area contributed by atoms with E-state index in [4.69, 9.17) is 5.73 Å². The Balaban J connectivity index is 1.94. The zero-order valence-electron chi connectivity index (χ0n) is 8.93. The third kappa shape index (κ3) is 2.77. The van der Waals surface area contributed by atoms with E-state index in [1.807, 2.05) is 12.1 Å². The molecule has 1 aromatic heterocycles. The lowest BCUT2D eigenvalue weighted by molar-refractivity contribution is 1.05. The minimum absolute atomic E-state index is 0.581. The molecule has 1 aromatic carbocycles. The molecule has 0 unspecified atom stereocenters. The molecule has 4 heteroatoms. The maximum Gasteiger partial charge on any atom is 0.144 e. The summed E-state index contributed by atoms with van der Waals surface area (Å²) in [5, 5.41) is 3.19. The molecule has 0 aliphatic rings. The Morgan fingerprint density at radius 1 is 1.06 bits per heavy atom. The van der Waals surface area contributed by atoms with Gasteiger partial charge in [-0.15, -0.1) is 0 Å². The fourth-order valence-electron chi connectivity index (χ4n) is 1.38. The summed E-state index contributed by atoms with van der Waals surface area (Å²) < 4.78 is 0. The Morgan fingerprint density at radius 3 is 2.44 bits per heavy atom. The fraction of sp³-hybridized carbons (Fsp3) is 0.167. The van der Waals surface area contributed by atoms with Gasteiger partial charge in [-0.25, -0.2) is 4.98 Å². The van der Waals surface area contributed by atoms with Crippen LogP contribution in [0.5, 0.6) is 0 Å². The first-order chi connectivity index (χ1) is 7.88. The molecular formula is C12H14N4. The van der Waals surface area contributed by atoms with Gasteiger partial charge in [-0.05, 0) is 11.1 Å². The summed E-state index contributed by atoms with van der Waals surface area (Å²) in [5.74, 6) is 0.783. The standard InChI is InChI=1S/C12H14N4/c13-7-10-1-3-11(4-2-10)8-16-12-9-14-5-6-15-12/h1-6,9H,7-8,13H2,(H,15,16). The summed E-state index contributed by atoms with van der Waals surface area (Å²) in [6, 6.07) is 8.19. The monoisotopic (exact) mass is 214 g/mol. The molecule has 3 N–H and O–H groups in total. The molecule has 2 rings (SSSR count). The van der Waals surface area contributed by atoms with Crippen LogP contribution in [0.4, 0.5) is 5.82 Å². The molecule has 0 saturated carbocycles. The molecule has 0 radical (unpaired) electrons. The Labute approximate surface area is 94.5 Å². The van der Waals surface area contributed by atoms with Crippen LogP contribution in [0.25, 0.3) is 0 Å². The molecule has 0 aliphatic carbocycles. The van der Waals surface area contributed by atoms with Crippen LogP contribution in [0.2, 0.25) is 0 Å². The molecule has 0 atom stereocenters. The van der Waals surface area contributed by atoms with Crippen molar-refractivity contribution >= 4 is 5.82 Å². The van der Waals surface area contributed by atoms with E-state index >= 15 is 0 Å². The second kappa shape index (κ2) is 5.23. The minimum Gasteiger partial charge on any atom is -0.365 e. The van der Waals surface area contributed by atoms with Crippen LogP contribution in [0.3, 0.4) is 0 Å². The van der Waals surface area contributed by atoms with Crippen LogP contribution in [0, 0.1) is 0 Å². The molecular weight excluding hydrogens is 200 g/mol. The predicted octanol–water partition coefficient (Wildman–Crippen LogP) is 1.55. The topological polar surface area (TPSA) is 63.8 Å². The molecule has 0 fully saturated rings. The highest BCUT2D eigenvalue weighted by molar-refractivity contribution is 5.32. The van der Waals surface area contributed by atoms with Gasteiger partial charge in [0.2, 0.25) is 0 Å². The molecule has 0 saturated heterocycles. The molecule has 0 amide bonds. The maximum absolute atomic E-state index is 5.53. The number of rotatable bonds is 4. The van der Waals surface area contributed by atoms with E-state index in [1.54, 1.807) is 18.6 Å². The van der Waals surface area contributed by atoms with Gasteiger partial charge >= 0.3 is 0 Å². The average molecular weight is 214 g/mol. The van der Waals surface area contributed by atoms with Crippen molar-refractivity contribution < 1.29 is 0 Å². The van der Waals surface area contributed by atoms with Gasteiger partial charge in [0.05, 0.1) is 6.20 Å². The third-order valence-electron chi connectivity index (χ3n) is 2.30. The highest BCUT2D eigenvalue weighted by Gasteiger charge is 1.95. The van der Waals surface area contributed by atoms with E-state index in [-0.39, 0.29) is 0 Å². The van der Waals surface area contributed by atoms with Crippen LogP contribution in [-0.2, 0) is 13.1 Å². The largest absolute Gasteiger partial charge is 0.365 e. The summed E-state index contributed by atoms with van der Waals surface area (Å²) >= 11 is 0. The number of benzene rings is 1. The number of hydrogen-bond donors (Lipinski definition) is 2. The number of aromatic nitrogens is 2. The Bertz CT molecular complexity index is 425. The summed E-state index contributed by atoms with van der Waals surface area (Å²) in [4.78, 5) is 8.12. The Hall–Kier alpha value is -1.94. The summed E-state index contributed by atoms with van der Waals surface area (Å²) in [6.07, 6.45) is 5.02. The maximum atomic E-state index is 5.53. The SMILES string of the molecule is NCc1ccc(CNc2cnccn2)cc1. The van der Waals surface area contributed by atoms with Crippen molar-refractivity contribution in [2.45, 2.75) is 13.1 Å². The van der Waals surface area contributed by atoms with E-state index in [9.17, 15) is 0 Å². The third-order valence-corrected chi connectivity index (χ3v) is 2.30. The zero-order chi connectivity index (χ0) is 11.2. The molecule has 0 bridgehead atoms. The van der Waals surface area contributed by atoms with E-state index in [1.165, 1.54) is 5.56 Å². The molecule has 82 valence electrons. The highest BCUT2D eigenvalue weighted by atomic mass is 15.0. The highest BCUT2D eigenvalue weighted by Crippen LogP contribution is 2.06. The summed E-state index contributed by atoms with van der Waals surface area (Å²) in [7, 11) is 0. The summed E-state index contributed by atoms with van der Waals surface area (Å²) in [6.45, 7) is 1.32. The van der Waals surface area contributed by atoms with Crippen molar-refractivity contribution in [2.24, 2.45) is 5.73 Å². The van der Waals surface area contributed by atoms with Gasteiger partial charge in [0.1, 0.15) is 5.82 Å². The first-order valence-corrected chi connectivity index (χ1v) is 5.16. The van der Waals surface area contributed by atoms with Gasteiger partial charge in [-0.1, -0.05) is 24.3 Å². The van der Waals surface area contributed by atoms with Crippen molar-refractivity contribution in [3.05, 3.63) is 54.0 Å². The van der Waals surface area contributed by atoms with Gasteiger partial charge in [0.25, 0.3) is 0 Å². The van der Waals surface area contributed by atoms with Gasteiger partial charge in [-0.3, -0.25) is 4.98 Å². The van der Waals surface area contributed by atoms with E-state index in [0.717, 1.165) is 17.9 Å². The van der Waals surface area contributed by atoms with E-state index in [0.29, 0.717) is 6.54 Å². The van der Waals surface area contributed by atoms with Crippen molar-refractivity contribution in [3.8, 4) is 0 Å². The number of hydrogen-bond acceptors (Lipinski definition) is 4. The van der Waals surface area contributed by atoms with Crippen LogP contribution in [0.1, 0.15) is 11.1 Å². The first-order valence-electron chi connectivity index (χ1n) is 5.16. The van der Waals surface area contributed by atoms with E-state index in [2.05, 4.69) is 27.4 Å². The number of nitrogens with one attached hydrogen (secondary N) is 1.